The summed E-state index contributed by atoms with van der Waals surface area (Å²) in [6.07, 6.45) is 3.46. The largest absolute Gasteiger partial charge is 0.467 e. The molecule has 1 aliphatic heterocycles. The number of thioether (sulfide) groups is 1. The van der Waals surface area contributed by atoms with Gasteiger partial charge in [-0.2, -0.15) is 11.3 Å². The summed E-state index contributed by atoms with van der Waals surface area (Å²) in [7, 11) is 0. The highest BCUT2D eigenvalue weighted by Crippen LogP contribution is 2.33. The number of hydrogen-bond acceptors (Lipinski definition) is 5. The normalized spacial score (nSPS) is 17.7. The zero-order valence-corrected chi connectivity index (χ0v) is 12.2. The predicted molar refractivity (Wildman–Crippen MR) is 81.7 cm³/mol. The van der Waals surface area contributed by atoms with Crippen molar-refractivity contribution < 1.29 is 9.21 Å². The number of thiocarbonyl (C=S) groups is 1. The van der Waals surface area contributed by atoms with Gasteiger partial charge in [0.1, 0.15) is 10.1 Å². The Hall–Kier alpha value is -1.37. The van der Waals surface area contributed by atoms with E-state index in [4.69, 9.17) is 16.6 Å². The highest BCUT2D eigenvalue weighted by atomic mass is 32.2. The van der Waals surface area contributed by atoms with E-state index in [1.54, 1.807) is 28.6 Å². The number of hydrogen-bond donors (Lipinski definition) is 0. The molecule has 0 aromatic carbocycles. The van der Waals surface area contributed by atoms with Crippen molar-refractivity contribution in [1.29, 1.82) is 0 Å². The molecule has 19 heavy (non-hydrogen) atoms. The van der Waals surface area contributed by atoms with E-state index in [1.165, 1.54) is 11.8 Å². The maximum absolute atomic E-state index is 12.3. The molecule has 0 unspecified atom stereocenters. The number of thiophene rings is 1. The van der Waals surface area contributed by atoms with E-state index in [9.17, 15) is 4.79 Å². The van der Waals surface area contributed by atoms with Gasteiger partial charge in [-0.15, -0.1) is 0 Å². The number of nitrogens with zero attached hydrogens (tertiary/aromatic N) is 1. The Bertz CT molecular complexity index is 629. The first-order valence-electron chi connectivity index (χ1n) is 5.54. The Morgan fingerprint density at radius 2 is 2.32 bits per heavy atom. The molecule has 1 saturated heterocycles. The van der Waals surface area contributed by atoms with E-state index in [0.29, 0.717) is 15.8 Å². The highest BCUT2D eigenvalue weighted by Gasteiger charge is 2.32. The van der Waals surface area contributed by atoms with Crippen LogP contribution in [0.5, 0.6) is 0 Å². The van der Waals surface area contributed by atoms with E-state index in [1.807, 2.05) is 29.0 Å². The van der Waals surface area contributed by atoms with Crippen LogP contribution < -0.4 is 0 Å². The van der Waals surface area contributed by atoms with Crippen LogP contribution in [0, 0.1) is 0 Å². The van der Waals surface area contributed by atoms with Crippen LogP contribution in [0.1, 0.15) is 11.3 Å². The number of amides is 1. The Kier molecular flexibility index (Phi) is 3.54. The first kappa shape index (κ1) is 12.7. The van der Waals surface area contributed by atoms with Crippen LogP contribution in [0.15, 0.2) is 44.5 Å². The van der Waals surface area contributed by atoms with Crippen molar-refractivity contribution in [3.63, 3.8) is 0 Å². The van der Waals surface area contributed by atoms with Crippen molar-refractivity contribution in [2.75, 3.05) is 0 Å². The molecule has 0 radical (unpaired) electrons. The summed E-state index contributed by atoms with van der Waals surface area (Å²) in [5, 5.41) is 3.98. The van der Waals surface area contributed by atoms with Gasteiger partial charge in [0.25, 0.3) is 5.91 Å². The molecule has 0 spiro atoms. The molecule has 1 fully saturated rings. The standard InChI is InChI=1S/C13H9NO2S3/c15-12-11(6-9-3-5-18-8-9)19-13(17)14(12)7-10-2-1-4-16-10/h1-6,8H,7H2/b11-6-. The Morgan fingerprint density at radius 1 is 1.42 bits per heavy atom. The van der Waals surface area contributed by atoms with Gasteiger partial charge in [-0.05, 0) is 40.6 Å². The van der Waals surface area contributed by atoms with Crippen LogP contribution in [0.4, 0.5) is 0 Å². The summed E-state index contributed by atoms with van der Waals surface area (Å²) < 4.78 is 5.82. The lowest BCUT2D eigenvalue weighted by Crippen LogP contribution is -2.27. The van der Waals surface area contributed by atoms with Crippen molar-refractivity contribution in [3.05, 3.63) is 51.5 Å². The minimum absolute atomic E-state index is 0.0578. The van der Waals surface area contributed by atoms with Crippen molar-refractivity contribution in [1.82, 2.24) is 4.90 Å². The van der Waals surface area contributed by atoms with Crippen molar-refractivity contribution >= 4 is 51.6 Å². The first-order valence-corrected chi connectivity index (χ1v) is 7.71. The van der Waals surface area contributed by atoms with Gasteiger partial charge in [-0.3, -0.25) is 9.69 Å². The molecule has 1 amide bonds. The molecule has 3 nitrogen and oxygen atoms in total. The zero-order chi connectivity index (χ0) is 13.2. The van der Waals surface area contributed by atoms with E-state index >= 15 is 0 Å². The maximum Gasteiger partial charge on any atom is 0.266 e. The summed E-state index contributed by atoms with van der Waals surface area (Å²) in [6, 6.07) is 5.61. The van der Waals surface area contributed by atoms with Gasteiger partial charge < -0.3 is 4.42 Å². The summed E-state index contributed by atoms with van der Waals surface area (Å²) in [4.78, 5) is 14.5. The molecule has 0 atom stereocenters. The minimum Gasteiger partial charge on any atom is -0.467 e. The fourth-order valence-corrected chi connectivity index (χ4v) is 3.58. The molecule has 0 aliphatic carbocycles. The van der Waals surface area contributed by atoms with E-state index in [-0.39, 0.29) is 5.91 Å². The topological polar surface area (TPSA) is 33.5 Å². The molecule has 2 aromatic rings. The van der Waals surface area contributed by atoms with Gasteiger partial charge in [-0.1, -0.05) is 24.0 Å². The Morgan fingerprint density at radius 3 is 3.00 bits per heavy atom. The van der Waals surface area contributed by atoms with Gasteiger partial charge in [0.2, 0.25) is 0 Å². The number of carbonyl (C=O) groups is 1. The summed E-state index contributed by atoms with van der Waals surface area (Å²) in [6.45, 7) is 0.388. The molecule has 0 N–H and O–H groups in total. The first-order chi connectivity index (χ1) is 9.24. The quantitative estimate of drug-likeness (QED) is 0.639. The maximum atomic E-state index is 12.3. The van der Waals surface area contributed by atoms with Crippen LogP contribution in [0.2, 0.25) is 0 Å². The fourth-order valence-electron chi connectivity index (χ4n) is 1.70. The molecule has 0 saturated carbocycles. The van der Waals surface area contributed by atoms with E-state index in [0.717, 1.165) is 11.3 Å². The molecule has 1 aliphatic rings. The predicted octanol–water partition coefficient (Wildman–Crippen LogP) is 3.74. The van der Waals surface area contributed by atoms with Gasteiger partial charge in [0, 0.05) is 0 Å². The molecule has 0 bridgehead atoms. The van der Waals surface area contributed by atoms with Crippen LogP contribution >= 0.6 is 35.3 Å². The van der Waals surface area contributed by atoms with Crippen LogP contribution in [0.3, 0.4) is 0 Å². The summed E-state index contributed by atoms with van der Waals surface area (Å²) >= 11 is 8.19. The lowest BCUT2D eigenvalue weighted by atomic mass is 10.3. The number of carbonyl (C=O) groups excluding carboxylic acids is 1. The average Bonchev–Trinajstić information content (AvgIpc) is 3.10. The van der Waals surface area contributed by atoms with Crippen LogP contribution in [-0.2, 0) is 11.3 Å². The zero-order valence-electron chi connectivity index (χ0n) is 9.74. The average molecular weight is 307 g/mol. The van der Waals surface area contributed by atoms with Crippen molar-refractivity contribution in [3.8, 4) is 0 Å². The summed E-state index contributed by atoms with van der Waals surface area (Å²) in [5.41, 5.74) is 1.03. The molecular formula is C13H9NO2S3. The minimum atomic E-state index is -0.0578. The summed E-state index contributed by atoms with van der Waals surface area (Å²) in [5.74, 6) is 0.672. The van der Waals surface area contributed by atoms with E-state index < -0.39 is 0 Å². The molecule has 6 heteroatoms. The van der Waals surface area contributed by atoms with Crippen LogP contribution in [-0.4, -0.2) is 15.1 Å². The van der Waals surface area contributed by atoms with Gasteiger partial charge >= 0.3 is 0 Å². The molecule has 2 aromatic heterocycles. The van der Waals surface area contributed by atoms with E-state index in [2.05, 4.69) is 0 Å². The second-order valence-electron chi connectivity index (χ2n) is 3.90. The Balaban J connectivity index is 1.81. The SMILES string of the molecule is O=C1/C(=C/c2ccsc2)SC(=S)N1Cc1ccco1. The van der Waals surface area contributed by atoms with Gasteiger partial charge in [-0.25, -0.2) is 0 Å². The molecular weight excluding hydrogens is 298 g/mol. The molecule has 3 heterocycles. The third kappa shape index (κ3) is 2.65. The second kappa shape index (κ2) is 5.32. The van der Waals surface area contributed by atoms with Crippen molar-refractivity contribution in [2.24, 2.45) is 0 Å². The Labute approximate surface area is 123 Å². The van der Waals surface area contributed by atoms with Crippen molar-refractivity contribution in [2.45, 2.75) is 6.54 Å². The monoisotopic (exact) mass is 307 g/mol. The lowest BCUT2D eigenvalue weighted by molar-refractivity contribution is -0.122. The van der Waals surface area contributed by atoms with Crippen LogP contribution in [0.25, 0.3) is 6.08 Å². The third-order valence-electron chi connectivity index (χ3n) is 2.61. The van der Waals surface area contributed by atoms with Gasteiger partial charge in [0.05, 0.1) is 17.7 Å². The third-order valence-corrected chi connectivity index (χ3v) is 4.69. The highest BCUT2D eigenvalue weighted by molar-refractivity contribution is 8.26. The number of furan rings is 1. The number of rotatable bonds is 3. The smallest absolute Gasteiger partial charge is 0.266 e. The molecule has 96 valence electrons. The lowest BCUT2D eigenvalue weighted by Gasteiger charge is -2.11. The van der Waals surface area contributed by atoms with Gasteiger partial charge in [0.15, 0.2) is 0 Å². The second-order valence-corrected chi connectivity index (χ2v) is 6.36. The molecule has 3 rings (SSSR count). The fraction of sp³-hybridized carbons (Fsp3) is 0.0769.